The van der Waals surface area contributed by atoms with Gasteiger partial charge in [0.05, 0.1) is 37.2 Å². The molecule has 0 unspecified atom stereocenters. The van der Waals surface area contributed by atoms with Crippen molar-refractivity contribution < 1.29 is 19.5 Å². The fraction of sp³-hybridized carbons (Fsp3) is 0.591. The van der Waals surface area contributed by atoms with Gasteiger partial charge in [0.1, 0.15) is 5.75 Å². The van der Waals surface area contributed by atoms with Gasteiger partial charge in [0.2, 0.25) is 0 Å². The van der Waals surface area contributed by atoms with Crippen LogP contribution in [-0.4, -0.2) is 125 Å². The van der Waals surface area contributed by atoms with E-state index < -0.39 is 0 Å². The number of piperidine rings is 4. The summed E-state index contributed by atoms with van der Waals surface area (Å²) in [5.74, 6) is 1.05. The number of nitro groups is 1. The van der Waals surface area contributed by atoms with Crippen LogP contribution >= 0.6 is 0 Å². The fourth-order valence-corrected chi connectivity index (χ4v) is 9.24. The lowest BCUT2D eigenvalue weighted by molar-refractivity contribution is -0.385. The molecule has 4 aliphatic heterocycles. The number of aromatic nitrogens is 4. The Balaban J connectivity index is 0.000000212. The fourth-order valence-electron chi connectivity index (χ4n) is 9.24. The first-order valence-electron chi connectivity index (χ1n) is 21.0. The second-order valence-electron chi connectivity index (χ2n) is 15.8. The van der Waals surface area contributed by atoms with Crippen molar-refractivity contribution in [2.75, 3.05) is 89.2 Å². The molecule has 0 saturated carbocycles. The Morgan fingerprint density at radius 3 is 1.44 bits per heavy atom. The largest absolute Gasteiger partial charge is 0.495 e. The molecule has 3 N–H and O–H groups in total. The smallest absolute Gasteiger partial charge is 0.311 e. The lowest BCUT2D eigenvalue weighted by Crippen LogP contribution is -2.46. The second-order valence-corrected chi connectivity index (χ2v) is 15.8. The summed E-state index contributed by atoms with van der Waals surface area (Å²) in [6.45, 7) is 9.02. The van der Waals surface area contributed by atoms with Crippen molar-refractivity contribution in [2.45, 2.75) is 83.7 Å². The van der Waals surface area contributed by atoms with Crippen LogP contribution in [0, 0.1) is 10.1 Å². The molecule has 8 rings (SSSR count). The number of hydrogen-bond acceptors (Lipinski definition) is 12. The number of nitrogen functional groups attached to an aromatic ring is 1. The minimum atomic E-state index is -0.384. The topological polar surface area (TPSA) is 156 Å². The van der Waals surface area contributed by atoms with Gasteiger partial charge in [-0.2, -0.15) is 10.2 Å². The van der Waals surface area contributed by atoms with E-state index in [1.54, 1.807) is 24.1 Å². The standard InChI is InChI=1S/C21H29N5O3.C21H31N5O.CH4O.CH4/c1-23-15-16(14-22-23)18-12-20(26(27)28)21(29-2)13-19(18)25-10-6-17(7-11-25)24-8-4-3-5-9-24;1-24-15-16(14-23-24)18-12-19(22)21(27-2)13-20(18)26-10-6-17(7-11-26)25-8-4-3-5-9-25;1-2;/h12-15,17H,3-11H2,1-2H3;12-15,17H,3-11,22H2,1-2H3;2H,1H3;1H4. The first kappa shape index (κ1) is 45.2. The highest BCUT2D eigenvalue weighted by Crippen LogP contribution is 2.42. The van der Waals surface area contributed by atoms with Crippen molar-refractivity contribution in [1.82, 2.24) is 29.4 Å². The summed E-state index contributed by atoms with van der Waals surface area (Å²) in [5, 5.41) is 27.2. The van der Waals surface area contributed by atoms with Gasteiger partial charge < -0.3 is 39.9 Å². The number of nitrogens with zero attached hydrogens (tertiary/aromatic N) is 9. The van der Waals surface area contributed by atoms with E-state index >= 15 is 0 Å². The van der Waals surface area contributed by atoms with Crippen LogP contribution in [0.1, 0.15) is 71.6 Å². The molecule has 0 radical (unpaired) electrons. The number of benzene rings is 2. The number of methoxy groups -OCH3 is 2. The number of nitro benzene ring substituents is 1. The average Bonchev–Trinajstić information content (AvgIpc) is 3.92. The number of ether oxygens (including phenoxy) is 2. The molecule has 0 amide bonds. The van der Waals surface area contributed by atoms with Gasteiger partial charge in [0.15, 0.2) is 5.75 Å². The Morgan fingerprint density at radius 1 is 0.661 bits per heavy atom. The van der Waals surface area contributed by atoms with E-state index in [0.717, 1.165) is 85.9 Å². The summed E-state index contributed by atoms with van der Waals surface area (Å²) >= 11 is 0. The predicted octanol–water partition coefficient (Wildman–Crippen LogP) is 6.84. The molecule has 0 spiro atoms. The maximum Gasteiger partial charge on any atom is 0.311 e. The Bertz CT molecular complexity index is 1920. The molecule has 4 saturated heterocycles. The highest BCUT2D eigenvalue weighted by Gasteiger charge is 2.30. The van der Waals surface area contributed by atoms with E-state index in [0.29, 0.717) is 17.5 Å². The Morgan fingerprint density at radius 2 is 1.07 bits per heavy atom. The Labute approximate surface area is 350 Å². The minimum absolute atomic E-state index is 0. The molecular formula is C44H68N10O5. The number of likely N-dealkylation sites (tertiary alicyclic amines) is 2. The summed E-state index contributed by atoms with van der Waals surface area (Å²) < 4.78 is 14.4. The van der Waals surface area contributed by atoms with Gasteiger partial charge in [-0.3, -0.25) is 19.5 Å². The third kappa shape index (κ3) is 10.9. The normalized spacial score (nSPS) is 18.2. The number of anilines is 3. The number of aliphatic hydroxyl groups is 1. The molecule has 4 aromatic rings. The zero-order valence-corrected chi connectivity index (χ0v) is 35.2. The zero-order valence-electron chi connectivity index (χ0n) is 35.2. The molecule has 4 aliphatic rings. The van der Waals surface area contributed by atoms with Crippen LogP contribution in [0.3, 0.4) is 0 Å². The summed E-state index contributed by atoms with van der Waals surface area (Å²) in [4.78, 5) is 21.4. The second kappa shape index (κ2) is 21.4. The van der Waals surface area contributed by atoms with Crippen molar-refractivity contribution in [1.29, 1.82) is 0 Å². The van der Waals surface area contributed by atoms with Crippen molar-refractivity contribution in [3.8, 4) is 33.8 Å². The number of aryl methyl sites for hydroxylation is 2. The lowest BCUT2D eigenvalue weighted by atomic mass is 9.97. The van der Waals surface area contributed by atoms with Gasteiger partial charge in [-0.05, 0) is 83.6 Å². The van der Waals surface area contributed by atoms with E-state index in [1.807, 2.05) is 49.5 Å². The van der Waals surface area contributed by atoms with Crippen LogP contribution in [-0.2, 0) is 14.1 Å². The van der Waals surface area contributed by atoms with E-state index in [9.17, 15) is 10.1 Å². The molecule has 59 heavy (non-hydrogen) atoms. The van der Waals surface area contributed by atoms with Gasteiger partial charge in [0.25, 0.3) is 0 Å². The predicted molar refractivity (Wildman–Crippen MR) is 238 cm³/mol. The molecular weight excluding hydrogens is 749 g/mol. The van der Waals surface area contributed by atoms with Crippen LogP contribution in [0.15, 0.2) is 49.1 Å². The van der Waals surface area contributed by atoms with Crippen molar-refractivity contribution in [3.05, 3.63) is 59.2 Å². The van der Waals surface area contributed by atoms with Crippen LogP contribution in [0.5, 0.6) is 11.5 Å². The summed E-state index contributed by atoms with van der Waals surface area (Å²) in [7, 11) is 7.96. The Hall–Kier alpha value is -4.86. The zero-order chi connectivity index (χ0) is 41.2. The highest BCUT2D eigenvalue weighted by molar-refractivity contribution is 5.84. The first-order chi connectivity index (χ1) is 28.2. The Kier molecular flexibility index (Phi) is 16.4. The minimum Gasteiger partial charge on any atom is -0.495 e. The maximum atomic E-state index is 11.6. The maximum absolute atomic E-state index is 11.6. The van der Waals surface area contributed by atoms with Gasteiger partial charge in [0, 0.05) is 124 Å². The summed E-state index contributed by atoms with van der Waals surface area (Å²) in [6, 6.07) is 8.96. The SMILES string of the molecule is C.CO.COc1cc(N2CCC(N3CCCCC3)CC2)c(-c2cnn(C)c2)cc1N.COc1cc(N2CCC(N3CCCCC3)CC2)c(-c2cnn(C)c2)cc1[N+](=O)[O-]. The van der Waals surface area contributed by atoms with E-state index in [4.69, 9.17) is 20.3 Å². The van der Waals surface area contributed by atoms with Gasteiger partial charge in [-0.1, -0.05) is 20.3 Å². The summed E-state index contributed by atoms with van der Waals surface area (Å²) in [5.41, 5.74) is 13.0. The molecule has 0 aliphatic carbocycles. The number of nitrogens with two attached hydrogens (primary N) is 1. The van der Waals surface area contributed by atoms with Gasteiger partial charge >= 0.3 is 5.69 Å². The molecule has 2 aromatic heterocycles. The molecule has 15 nitrogen and oxygen atoms in total. The van der Waals surface area contributed by atoms with E-state index in [-0.39, 0.29) is 18.0 Å². The number of hydrogen-bond donors (Lipinski definition) is 2. The number of aliphatic hydroxyl groups excluding tert-OH is 1. The van der Waals surface area contributed by atoms with Crippen molar-refractivity contribution in [2.24, 2.45) is 14.1 Å². The van der Waals surface area contributed by atoms with Crippen molar-refractivity contribution >= 4 is 22.7 Å². The van der Waals surface area contributed by atoms with E-state index in [2.05, 4.69) is 35.9 Å². The molecule has 2 aromatic carbocycles. The molecule has 15 heteroatoms. The number of rotatable bonds is 9. The monoisotopic (exact) mass is 817 g/mol. The van der Waals surface area contributed by atoms with E-state index in [1.165, 1.54) is 90.3 Å². The van der Waals surface area contributed by atoms with Crippen LogP contribution < -0.4 is 25.0 Å². The first-order valence-corrected chi connectivity index (χ1v) is 21.0. The van der Waals surface area contributed by atoms with Gasteiger partial charge in [-0.15, -0.1) is 0 Å². The third-order valence-corrected chi connectivity index (χ3v) is 12.3. The molecule has 6 heterocycles. The quantitative estimate of drug-likeness (QED) is 0.103. The van der Waals surface area contributed by atoms with Crippen LogP contribution in [0.4, 0.5) is 22.7 Å². The molecule has 0 bridgehead atoms. The molecule has 4 fully saturated rings. The molecule has 324 valence electrons. The highest BCUT2D eigenvalue weighted by atomic mass is 16.6. The van der Waals surface area contributed by atoms with Crippen LogP contribution in [0.2, 0.25) is 0 Å². The average molecular weight is 817 g/mol. The lowest BCUT2D eigenvalue weighted by Gasteiger charge is -2.41. The third-order valence-electron chi connectivity index (χ3n) is 12.3. The van der Waals surface area contributed by atoms with Crippen LogP contribution in [0.25, 0.3) is 22.3 Å². The molecule has 0 atom stereocenters. The van der Waals surface area contributed by atoms with Gasteiger partial charge in [-0.25, -0.2) is 0 Å². The van der Waals surface area contributed by atoms with Crippen molar-refractivity contribution in [3.63, 3.8) is 0 Å². The summed E-state index contributed by atoms with van der Waals surface area (Å²) in [6.07, 6.45) is 20.4.